The summed E-state index contributed by atoms with van der Waals surface area (Å²) in [6.45, 7) is 10.4. The normalized spacial score (nSPS) is 14.6. The first kappa shape index (κ1) is 18.3. The van der Waals surface area contributed by atoms with Crippen molar-refractivity contribution in [2.24, 2.45) is 0 Å². The summed E-state index contributed by atoms with van der Waals surface area (Å²) in [5.41, 5.74) is 0.688. The van der Waals surface area contributed by atoms with Gasteiger partial charge < -0.3 is 15.4 Å². The third-order valence-electron chi connectivity index (χ3n) is 2.97. The van der Waals surface area contributed by atoms with Crippen LogP contribution in [0.2, 0.25) is 4.34 Å². The zero-order valence-electron chi connectivity index (χ0n) is 13.3. The fraction of sp³-hybridized carbons (Fsp3) is 0.667. The molecule has 0 aliphatic rings. The zero-order chi connectivity index (χ0) is 16.0. The molecule has 120 valence electrons. The summed E-state index contributed by atoms with van der Waals surface area (Å²) in [6.07, 6.45) is 0.464. The monoisotopic (exact) mass is 332 g/mol. The maximum absolute atomic E-state index is 11.8. The van der Waals surface area contributed by atoms with E-state index in [9.17, 15) is 4.79 Å². The van der Waals surface area contributed by atoms with Crippen LogP contribution in [0, 0.1) is 0 Å². The maximum atomic E-state index is 11.8. The lowest BCUT2D eigenvalue weighted by molar-refractivity contribution is 0.0502. The summed E-state index contributed by atoms with van der Waals surface area (Å²) < 4.78 is 6.06. The first-order chi connectivity index (χ1) is 9.71. The Balaban J connectivity index is 2.42. The Morgan fingerprint density at radius 1 is 1.48 bits per heavy atom. The number of rotatable bonds is 6. The average Bonchev–Trinajstić information content (AvgIpc) is 2.78. The lowest BCUT2D eigenvalue weighted by Crippen LogP contribution is -2.44. The highest BCUT2D eigenvalue weighted by Gasteiger charge is 2.19. The topological polar surface area (TPSA) is 50.4 Å². The highest BCUT2D eigenvalue weighted by molar-refractivity contribution is 7.14. The van der Waals surface area contributed by atoms with Crippen LogP contribution in [0.4, 0.5) is 4.79 Å². The summed E-state index contributed by atoms with van der Waals surface area (Å²) in [5.74, 6) is 0. The third kappa shape index (κ3) is 7.16. The van der Waals surface area contributed by atoms with E-state index in [2.05, 4.69) is 17.6 Å². The van der Waals surface area contributed by atoms with Gasteiger partial charge in [0.1, 0.15) is 5.60 Å². The van der Waals surface area contributed by atoms with E-state index < -0.39 is 5.60 Å². The maximum Gasteiger partial charge on any atom is 0.407 e. The van der Waals surface area contributed by atoms with Crippen LogP contribution >= 0.6 is 22.9 Å². The number of amides is 1. The SMILES string of the molecule is CCC(CNC(C)c1csc(Cl)c1)NC(=O)OC(C)(C)C. The molecule has 1 amide bonds. The molecule has 0 aromatic carbocycles. The molecule has 1 heterocycles. The van der Waals surface area contributed by atoms with Gasteiger partial charge in [-0.15, -0.1) is 11.3 Å². The van der Waals surface area contributed by atoms with Crippen molar-refractivity contribution in [1.29, 1.82) is 0 Å². The van der Waals surface area contributed by atoms with Crippen LogP contribution in [0.25, 0.3) is 0 Å². The average molecular weight is 333 g/mol. The predicted molar refractivity (Wildman–Crippen MR) is 89.2 cm³/mol. The van der Waals surface area contributed by atoms with Crippen LogP contribution in [0.1, 0.15) is 52.6 Å². The standard InChI is InChI=1S/C15H25ClN2O2S/c1-6-12(18-14(19)20-15(3,4)5)8-17-10(2)11-7-13(16)21-9-11/h7,9-10,12,17H,6,8H2,1-5H3,(H,18,19). The Morgan fingerprint density at radius 2 is 2.14 bits per heavy atom. The number of hydrogen-bond acceptors (Lipinski definition) is 4. The van der Waals surface area contributed by atoms with Gasteiger partial charge in [-0.3, -0.25) is 0 Å². The lowest BCUT2D eigenvalue weighted by atomic mass is 10.1. The molecule has 2 atom stereocenters. The van der Waals surface area contributed by atoms with Crippen molar-refractivity contribution in [2.75, 3.05) is 6.54 Å². The smallest absolute Gasteiger partial charge is 0.407 e. The van der Waals surface area contributed by atoms with E-state index in [4.69, 9.17) is 16.3 Å². The Bertz CT molecular complexity index is 457. The van der Waals surface area contributed by atoms with Crippen molar-refractivity contribution in [3.05, 3.63) is 21.3 Å². The Labute approximate surface area is 136 Å². The van der Waals surface area contributed by atoms with Gasteiger partial charge in [-0.1, -0.05) is 18.5 Å². The minimum Gasteiger partial charge on any atom is -0.444 e. The van der Waals surface area contributed by atoms with Crippen molar-refractivity contribution >= 4 is 29.0 Å². The van der Waals surface area contributed by atoms with Gasteiger partial charge in [0, 0.05) is 18.6 Å². The summed E-state index contributed by atoms with van der Waals surface area (Å²) >= 11 is 7.47. The minimum absolute atomic E-state index is 0.0383. The second-order valence-corrected chi connectivity index (χ2v) is 7.61. The van der Waals surface area contributed by atoms with E-state index in [0.717, 1.165) is 16.3 Å². The molecule has 0 saturated carbocycles. The van der Waals surface area contributed by atoms with Gasteiger partial charge >= 0.3 is 6.09 Å². The number of thiophene rings is 1. The van der Waals surface area contributed by atoms with Gasteiger partial charge in [-0.05, 0) is 51.1 Å². The van der Waals surface area contributed by atoms with Gasteiger partial charge in [0.15, 0.2) is 0 Å². The van der Waals surface area contributed by atoms with Crippen LogP contribution in [-0.4, -0.2) is 24.3 Å². The quantitative estimate of drug-likeness (QED) is 0.814. The first-order valence-electron chi connectivity index (χ1n) is 7.18. The van der Waals surface area contributed by atoms with Gasteiger partial charge in [0.05, 0.1) is 4.34 Å². The van der Waals surface area contributed by atoms with E-state index in [0.29, 0.717) is 6.54 Å². The van der Waals surface area contributed by atoms with E-state index in [1.165, 1.54) is 11.3 Å². The molecule has 2 N–H and O–H groups in total. The molecule has 1 rings (SSSR count). The molecule has 0 saturated heterocycles. The van der Waals surface area contributed by atoms with Gasteiger partial charge in [0.2, 0.25) is 0 Å². The van der Waals surface area contributed by atoms with E-state index in [-0.39, 0.29) is 18.2 Å². The molecule has 1 aromatic rings. The van der Waals surface area contributed by atoms with Crippen molar-refractivity contribution in [2.45, 2.75) is 58.7 Å². The van der Waals surface area contributed by atoms with Gasteiger partial charge in [-0.25, -0.2) is 4.79 Å². The molecule has 21 heavy (non-hydrogen) atoms. The number of hydrogen-bond donors (Lipinski definition) is 2. The predicted octanol–water partition coefficient (Wildman–Crippen LogP) is 4.36. The van der Waals surface area contributed by atoms with Crippen molar-refractivity contribution in [1.82, 2.24) is 10.6 Å². The van der Waals surface area contributed by atoms with Crippen LogP contribution < -0.4 is 10.6 Å². The zero-order valence-corrected chi connectivity index (χ0v) is 14.9. The molecule has 0 aliphatic heterocycles. The molecule has 4 nitrogen and oxygen atoms in total. The van der Waals surface area contributed by atoms with E-state index in [1.54, 1.807) is 0 Å². The molecule has 0 bridgehead atoms. The molecular weight excluding hydrogens is 308 g/mol. The molecule has 2 unspecified atom stereocenters. The first-order valence-corrected chi connectivity index (χ1v) is 8.44. The second kappa shape index (κ2) is 8.01. The summed E-state index contributed by atoms with van der Waals surface area (Å²) in [4.78, 5) is 11.8. The van der Waals surface area contributed by atoms with Crippen LogP contribution in [0.5, 0.6) is 0 Å². The second-order valence-electron chi connectivity index (χ2n) is 6.07. The summed E-state index contributed by atoms with van der Waals surface area (Å²) in [5, 5.41) is 8.34. The van der Waals surface area contributed by atoms with Crippen molar-refractivity contribution in [3.63, 3.8) is 0 Å². The molecular formula is C15H25ClN2O2S. The molecule has 6 heteroatoms. The number of nitrogens with one attached hydrogen (secondary N) is 2. The minimum atomic E-state index is -0.476. The Hall–Kier alpha value is -0.780. The Kier molecular flexibility index (Phi) is 6.97. The van der Waals surface area contributed by atoms with E-state index >= 15 is 0 Å². The number of alkyl carbamates (subject to hydrolysis) is 1. The summed E-state index contributed by atoms with van der Waals surface area (Å²) in [6, 6.07) is 2.20. The molecule has 0 aliphatic carbocycles. The summed E-state index contributed by atoms with van der Waals surface area (Å²) in [7, 11) is 0. The lowest BCUT2D eigenvalue weighted by Gasteiger charge is -2.24. The highest BCUT2D eigenvalue weighted by atomic mass is 35.5. The molecule has 1 aromatic heterocycles. The van der Waals surface area contributed by atoms with Crippen LogP contribution in [0.3, 0.4) is 0 Å². The fourth-order valence-electron chi connectivity index (χ4n) is 1.76. The number of carbonyl (C=O) groups is 1. The number of halogens is 1. The number of carbonyl (C=O) groups excluding carboxylic acids is 1. The van der Waals surface area contributed by atoms with Crippen LogP contribution in [-0.2, 0) is 4.74 Å². The molecule has 0 spiro atoms. The van der Waals surface area contributed by atoms with Crippen molar-refractivity contribution < 1.29 is 9.53 Å². The largest absolute Gasteiger partial charge is 0.444 e. The highest BCUT2D eigenvalue weighted by Crippen LogP contribution is 2.24. The van der Waals surface area contributed by atoms with Crippen LogP contribution in [0.15, 0.2) is 11.4 Å². The molecule has 0 fully saturated rings. The van der Waals surface area contributed by atoms with Gasteiger partial charge in [-0.2, -0.15) is 0 Å². The molecule has 0 radical (unpaired) electrons. The Morgan fingerprint density at radius 3 is 2.62 bits per heavy atom. The van der Waals surface area contributed by atoms with Gasteiger partial charge in [0.25, 0.3) is 0 Å². The third-order valence-corrected chi connectivity index (χ3v) is 4.08. The van der Waals surface area contributed by atoms with E-state index in [1.807, 2.05) is 39.1 Å². The number of ether oxygens (including phenoxy) is 1. The van der Waals surface area contributed by atoms with Crippen molar-refractivity contribution in [3.8, 4) is 0 Å². The fourth-order valence-corrected chi connectivity index (χ4v) is 2.74.